The summed E-state index contributed by atoms with van der Waals surface area (Å²) in [5.74, 6) is -0.236. The molecule has 1 aromatic carbocycles. The number of carbonyl (C=O) groups is 1. The van der Waals surface area contributed by atoms with Gasteiger partial charge in [-0.3, -0.25) is 4.79 Å². The fourth-order valence-corrected chi connectivity index (χ4v) is 2.40. The van der Waals surface area contributed by atoms with E-state index < -0.39 is 15.9 Å². The van der Waals surface area contributed by atoms with E-state index in [9.17, 15) is 13.2 Å². The number of sulfonamides is 1. The van der Waals surface area contributed by atoms with Crippen LogP contribution in [-0.4, -0.2) is 26.2 Å². The molecular formula is C13H18NO4S. The molecule has 1 aromatic rings. The van der Waals surface area contributed by atoms with Crippen molar-refractivity contribution in [3.05, 3.63) is 29.8 Å². The van der Waals surface area contributed by atoms with Crippen molar-refractivity contribution in [2.24, 2.45) is 0 Å². The fraction of sp³-hybridized carbons (Fsp3) is 0.462. The average Bonchev–Trinajstić information content (AvgIpc) is 2.28. The maximum absolute atomic E-state index is 11.7. The Bertz CT molecular complexity index is 520. The highest BCUT2D eigenvalue weighted by Gasteiger charge is 2.17. The first-order valence-electron chi connectivity index (χ1n) is 6.11. The van der Waals surface area contributed by atoms with Gasteiger partial charge in [-0.2, -0.15) is 0 Å². The molecule has 0 heterocycles. The van der Waals surface area contributed by atoms with Gasteiger partial charge in [-0.05, 0) is 44.5 Å². The third-order valence-electron chi connectivity index (χ3n) is 2.16. The van der Waals surface area contributed by atoms with Gasteiger partial charge in [0.1, 0.15) is 5.75 Å². The van der Waals surface area contributed by atoms with Crippen molar-refractivity contribution >= 4 is 15.9 Å². The Morgan fingerprint density at radius 1 is 1.26 bits per heavy atom. The largest absolute Gasteiger partial charge is 0.491 e. The molecule has 5 nitrogen and oxygen atoms in total. The molecule has 0 spiro atoms. The van der Waals surface area contributed by atoms with Crippen molar-refractivity contribution in [3.8, 4) is 5.75 Å². The highest BCUT2D eigenvalue weighted by Crippen LogP contribution is 2.14. The van der Waals surface area contributed by atoms with Gasteiger partial charge in [-0.1, -0.05) is 6.92 Å². The summed E-state index contributed by atoms with van der Waals surface area (Å²) in [4.78, 5) is 11.7. The molecule has 0 saturated heterocycles. The van der Waals surface area contributed by atoms with Crippen molar-refractivity contribution in [2.45, 2.75) is 33.3 Å². The molecule has 1 rings (SSSR count). The lowest BCUT2D eigenvalue weighted by atomic mass is 10.2. The van der Waals surface area contributed by atoms with E-state index >= 15 is 0 Å². The van der Waals surface area contributed by atoms with Gasteiger partial charge in [-0.15, -0.1) is 4.72 Å². The van der Waals surface area contributed by atoms with Crippen molar-refractivity contribution < 1.29 is 17.9 Å². The minimum absolute atomic E-state index is 0.0381. The topological polar surface area (TPSA) is 74.5 Å². The molecule has 1 radical (unpaired) electrons. The minimum Gasteiger partial charge on any atom is -0.491 e. The second-order valence-electron chi connectivity index (χ2n) is 4.37. The molecule has 0 saturated carbocycles. The molecule has 0 fully saturated rings. The molecule has 0 N–H and O–H groups in total. The summed E-state index contributed by atoms with van der Waals surface area (Å²) in [7, 11) is -3.66. The number of ether oxygens (including phenoxy) is 1. The lowest BCUT2D eigenvalue weighted by molar-refractivity contribution is 0.0978. The van der Waals surface area contributed by atoms with Crippen LogP contribution in [0.4, 0.5) is 0 Å². The van der Waals surface area contributed by atoms with E-state index in [1.807, 2.05) is 13.8 Å². The zero-order valence-electron chi connectivity index (χ0n) is 11.3. The number of hydrogen-bond acceptors (Lipinski definition) is 4. The Morgan fingerprint density at radius 3 is 2.32 bits per heavy atom. The van der Waals surface area contributed by atoms with Gasteiger partial charge in [-0.25, -0.2) is 8.42 Å². The molecule has 6 heteroatoms. The van der Waals surface area contributed by atoms with Crippen LogP contribution < -0.4 is 9.46 Å². The average molecular weight is 284 g/mol. The van der Waals surface area contributed by atoms with Gasteiger partial charge < -0.3 is 4.74 Å². The maximum atomic E-state index is 11.7. The molecule has 19 heavy (non-hydrogen) atoms. The Morgan fingerprint density at radius 2 is 1.84 bits per heavy atom. The van der Waals surface area contributed by atoms with Crippen LogP contribution >= 0.6 is 0 Å². The van der Waals surface area contributed by atoms with Crippen LogP contribution in [0.1, 0.15) is 37.6 Å². The Hall–Kier alpha value is -1.56. The predicted molar refractivity (Wildman–Crippen MR) is 72.7 cm³/mol. The SMILES string of the molecule is CCCS(=O)(=O)[N]C(=O)c1ccc(OC(C)C)cc1. The van der Waals surface area contributed by atoms with Crippen LogP contribution in [0.25, 0.3) is 0 Å². The van der Waals surface area contributed by atoms with Gasteiger partial charge in [0.2, 0.25) is 0 Å². The summed E-state index contributed by atoms with van der Waals surface area (Å²) >= 11 is 0. The van der Waals surface area contributed by atoms with E-state index in [4.69, 9.17) is 4.74 Å². The summed E-state index contributed by atoms with van der Waals surface area (Å²) in [6, 6.07) is 6.25. The molecule has 0 aliphatic rings. The van der Waals surface area contributed by atoms with Crippen molar-refractivity contribution in [1.82, 2.24) is 4.72 Å². The van der Waals surface area contributed by atoms with E-state index in [0.29, 0.717) is 12.2 Å². The Labute approximate surface area is 114 Å². The van der Waals surface area contributed by atoms with Gasteiger partial charge in [0.15, 0.2) is 0 Å². The first-order valence-corrected chi connectivity index (χ1v) is 7.71. The highest BCUT2D eigenvalue weighted by molar-refractivity contribution is 7.89. The second kappa shape index (κ2) is 6.56. The summed E-state index contributed by atoms with van der Waals surface area (Å²) < 4.78 is 31.5. The third-order valence-corrected chi connectivity index (χ3v) is 3.53. The molecule has 0 bridgehead atoms. The minimum atomic E-state index is -3.66. The summed E-state index contributed by atoms with van der Waals surface area (Å²) in [6.07, 6.45) is 0.469. The zero-order chi connectivity index (χ0) is 14.5. The molecule has 0 aliphatic heterocycles. The van der Waals surface area contributed by atoms with Gasteiger partial charge in [0, 0.05) is 5.56 Å². The van der Waals surface area contributed by atoms with Crippen LogP contribution in [0.3, 0.4) is 0 Å². The number of carbonyl (C=O) groups excluding carboxylic acids is 1. The molecular weight excluding hydrogens is 266 g/mol. The summed E-state index contributed by atoms with van der Waals surface area (Å²) in [5, 5.41) is 0. The van der Waals surface area contributed by atoms with E-state index in [1.165, 1.54) is 12.1 Å². The number of hydrogen-bond donors (Lipinski definition) is 0. The zero-order valence-corrected chi connectivity index (χ0v) is 12.1. The fourth-order valence-electron chi connectivity index (χ4n) is 1.43. The molecule has 1 amide bonds. The predicted octanol–water partition coefficient (Wildman–Crippen LogP) is 1.96. The molecule has 0 aromatic heterocycles. The summed E-state index contributed by atoms with van der Waals surface area (Å²) in [5.41, 5.74) is 0.232. The molecule has 0 unspecified atom stereocenters. The van der Waals surface area contributed by atoms with Crippen molar-refractivity contribution in [1.29, 1.82) is 0 Å². The van der Waals surface area contributed by atoms with E-state index in [-0.39, 0.29) is 17.4 Å². The van der Waals surface area contributed by atoms with Crippen LogP contribution in [0.15, 0.2) is 24.3 Å². The van der Waals surface area contributed by atoms with Gasteiger partial charge in [0.25, 0.3) is 15.9 Å². The first kappa shape index (κ1) is 15.5. The quantitative estimate of drug-likeness (QED) is 0.800. The first-order chi connectivity index (χ1) is 8.84. The molecule has 0 atom stereocenters. The van der Waals surface area contributed by atoms with Crippen molar-refractivity contribution in [2.75, 3.05) is 5.75 Å². The summed E-state index contributed by atoms with van der Waals surface area (Å²) in [6.45, 7) is 5.51. The van der Waals surface area contributed by atoms with E-state index in [2.05, 4.69) is 4.72 Å². The standard InChI is InChI=1S/C13H18NO4S/c1-4-9-19(16,17)14-13(15)11-5-7-12(8-6-11)18-10(2)3/h5-8,10H,4,9H2,1-3H3. The molecule has 105 valence electrons. The monoisotopic (exact) mass is 284 g/mol. The van der Waals surface area contributed by atoms with E-state index in [1.54, 1.807) is 19.1 Å². The normalized spacial score (nSPS) is 11.4. The van der Waals surface area contributed by atoms with E-state index in [0.717, 1.165) is 0 Å². The molecule has 0 aliphatic carbocycles. The number of benzene rings is 1. The van der Waals surface area contributed by atoms with Gasteiger partial charge in [0.05, 0.1) is 11.9 Å². The Balaban J connectivity index is 2.73. The lowest BCUT2D eigenvalue weighted by Gasteiger charge is -2.09. The second-order valence-corrected chi connectivity index (χ2v) is 6.13. The van der Waals surface area contributed by atoms with Gasteiger partial charge >= 0.3 is 0 Å². The third kappa shape index (κ3) is 5.30. The van der Waals surface area contributed by atoms with Crippen LogP contribution in [0.5, 0.6) is 5.75 Å². The lowest BCUT2D eigenvalue weighted by Crippen LogP contribution is -2.25. The van der Waals surface area contributed by atoms with Crippen LogP contribution in [0.2, 0.25) is 0 Å². The maximum Gasteiger partial charge on any atom is 0.287 e. The smallest absolute Gasteiger partial charge is 0.287 e. The highest BCUT2D eigenvalue weighted by atomic mass is 32.2. The van der Waals surface area contributed by atoms with Crippen LogP contribution in [0, 0.1) is 0 Å². The van der Waals surface area contributed by atoms with Crippen molar-refractivity contribution in [3.63, 3.8) is 0 Å². The Kier molecular flexibility index (Phi) is 5.35. The number of amides is 1. The van der Waals surface area contributed by atoms with Crippen LogP contribution in [-0.2, 0) is 10.0 Å². The number of nitrogens with zero attached hydrogens (tertiary/aromatic N) is 1. The number of rotatable bonds is 6.